The fourth-order valence-electron chi connectivity index (χ4n) is 9.52. The molecule has 0 saturated carbocycles. The molecule has 13 rings (SSSR count). The highest BCUT2D eigenvalue weighted by Gasteiger charge is 2.27. The van der Waals surface area contributed by atoms with E-state index in [1.807, 2.05) is 24.3 Å². The van der Waals surface area contributed by atoms with Gasteiger partial charge in [0.25, 0.3) is 0 Å². The van der Waals surface area contributed by atoms with Gasteiger partial charge in [-0.2, -0.15) is 4.98 Å². The maximum Gasteiger partial charge on any atom is 0.248 e. The third-order valence-corrected chi connectivity index (χ3v) is 11.9. The number of para-hydroxylation sites is 1. The summed E-state index contributed by atoms with van der Waals surface area (Å²) in [5, 5.41) is 10.7. The molecule has 5 heteroatoms. The fourth-order valence-corrected chi connectivity index (χ4v) is 9.52. The van der Waals surface area contributed by atoms with Gasteiger partial charge in [0.15, 0.2) is 5.82 Å². The summed E-state index contributed by atoms with van der Waals surface area (Å²) in [6.45, 7) is 0. The van der Waals surface area contributed by atoms with Crippen molar-refractivity contribution >= 4 is 87.4 Å². The average Bonchev–Trinajstić information content (AvgIpc) is 3.93. The van der Waals surface area contributed by atoms with Crippen molar-refractivity contribution < 1.29 is 4.42 Å². The molecule has 0 aliphatic rings. The first-order chi connectivity index (χ1) is 28.3. The van der Waals surface area contributed by atoms with Crippen LogP contribution in [0.5, 0.6) is 0 Å². The number of nitrogens with zero attached hydrogens (tertiary/aromatic N) is 4. The van der Waals surface area contributed by atoms with Crippen molar-refractivity contribution in [3.8, 4) is 33.9 Å². The second-order valence-electron chi connectivity index (χ2n) is 14.9. The smallest absolute Gasteiger partial charge is 0.248 e. The summed E-state index contributed by atoms with van der Waals surface area (Å²) in [6, 6.07) is 64.9. The van der Waals surface area contributed by atoms with E-state index in [0.717, 1.165) is 55.8 Å². The fraction of sp³-hybridized carbons (Fsp3) is 0. The van der Waals surface area contributed by atoms with Crippen LogP contribution in [0.4, 0.5) is 0 Å². The predicted octanol–water partition coefficient (Wildman–Crippen LogP) is 13.6. The largest absolute Gasteiger partial charge is 0.436 e. The van der Waals surface area contributed by atoms with Crippen LogP contribution in [0.2, 0.25) is 0 Å². The molecule has 264 valence electrons. The summed E-state index contributed by atoms with van der Waals surface area (Å²) in [5.74, 6) is 0.733. The number of hydrogen-bond donors (Lipinski definition) is 0. The van der Waals surface area contributed by atoms with Gasteiger partial charge in [-0.05, 0) is 81.2 Å². The van der Waals surface area contributed by atoms with Crippen LogP contribution in [0.25, 0.3) is 121 Å². The number of fused-ring (bicyclic) bond motifs is 6. The van der Waals surface area contributed by atoms with Gasteiger partial charge in [0.1, 0.15) is 16.8 Å². The van der Waals surface area contributed by atoms with Gasteiger partial charge < -0.3 is 8.98 Å². The minimum absolute atomic E-state index is 0.518. The monoisotopic (exact) mass is 726 g/mol. The van der Waals surface area contributed by atoms with E-state index < -0.39 is 0 Å². The zero-order chi connectivity index (χ0) is 37.2. The van der Waals surface area contributed by atoms with Gasteiger partial charge >= 0.3 is 0 Å². The van der Waals surface area contributed by atoms with Crippen molar-refractivity contribution in [1.82, 2.24) is 19.1 Å². The van der Waals surface area contributed by atoms with Crippen LogP contribution in [0.3, 0.4) is 0 Å². The van der Waals surface area contributed by atoms with Crippen LogP contribution in [0.15, 0.2) is 186 Å². The van der Waals surface area contributed by atoms with Crippen LogP contribution >= 0.6 is 0 Å². The molecule has 4 aromatic heterocycles. The van der Waals surface area contributed by atoms with E-state index >= 15 is 0 Å². The van der Waals surface area contributed by atoms with E-state index in [9.17, 15) is 0 Å². The molecule has 4 heterocycles. The third kappa shape index (κ3) is 4.17. The minimum Gasteiger partial charge on any atom is -0.436 e. The van der Waals surface area contributed by atoms with E-state index in [4.69, 9.17) is 14.4 Å². The molecule has 0 saturated heterocycles. The van der Waals surface area contributed by atoms with Crippen molar-refractivity contribution in [3.05, 3.63) is 182 Å². The highest BCUT2D eigenvalue weighted by molar-refractivity contribution is 6.39. The molecule has 9 aromatic carbocycles. The second kappa shape index (κ2) is 11.4. The van der Waals surface area contributed by atoms with Crippen LogP contribution in [-0.2, 0) is 0 Å². The van der Waals surface area contributed by atoms with Crippen LogP contribution in [0, 0.1) is 0 Å². The molecule has 0 fully saturated rings. The van der Waals surface area contributed by atoms with Gasteiger partial charge in [-0.15, -0.1) is 0 Å². The third-order valence-electron chi connectivity index (χ3n) is 11.9. The first-order valence-electron chi connectivity index (χ1n) is 19.3. The Bertz CT molecular complexity index is 3740. The number of rotatable bonds is 4. The van der Waals surface area contributed by atoms with Crippen LogP contribution in [-0.4, -0.2) is 19.1 Å². The van der Waals surface area contributed by atoms with Crippen molar-refractivity contribution in [2.45, 2.75) is 0 Å². The predicted molar refractivity (Wildman–Crippen MR) is 235 cm³/mol. The topological polar surface area (TPSA) is 48.8 Å². The maximum atomic E-state index is 6.44. The molecular weight excluding hydrogens is 697 g/mol. The highest BCUT2D eigenvalue weighted by atomic mass is 16.3. The summed E-state index contributed by atoms with van der Waals surface area (Å²) in [5.41, 5.74) is 11.8. The lowest BCUT2D eigenvalue weighted by Gasteiger charge is -2.13. The van der Waals surface area contributed by atoms with Crippen molar-refractivity contribution in [1.29, 1.82) is 0 Å². The highest BCUT2D eigenvalue weighted by Crippen LogP contribution is 2.48. The Morgan fingerprint density at radius 3 is 1.60 bits per heavy atom. The lowest BCUT2D eigenvalue weighted by molar-refractivity contribution is 0.652. The molecule has 0 amide bonds. The quantitative estimate of drug-likeness (QED) is 0.181. The van der Waals surface area contributed by atoms with Crippen molar-refractivity contribution in [2.24, 2.45) is 0 Å². The van der Waals surface area contributed by atoms with E-state index in [1.165, 1.54) is 59.7 Å². The maximum absolute atomic E-state index is 6.44. The van der Waals surface area contributed by atoms with Gasteiger partial charge in [0.2, 0.25) is 5.71 Å². The Morgan fingerprint density at radius 1 is 0.368 bits per heavy atom. The molecule has 0 unspecified atom stereocenters. The van der Waals surface area contributed by atoms with E-state index in [2.05, 4.69) is 167 Å². The molecule has 0 spiro atoms. The molecule has 0 aliphatic heterocycles. The van der Waals surface area contributed by atoms with E-state index in [1.54, 1.807) is 0 Å². The molecular formula is C52H30N4O. The lowest BCUT2D eigenvalue weighted by Crippen LogP contribution is -2.03. The zero-order valence-electron chi connectivity index (χ0n) is 30.5. The normalized spacial score (nSPS) is 12.2. The molecule has 0 radical (unpaired) electrons. The van der Waals surface area contributed by atoms with Gasteiger partial charge in [-0.25, -0.2) is 4.98 Å². The Morgan fingerprint density at radius 2 is 0.895 bits per heavy atom. The summed E-state index contributed by atoms with van der Waals surface area (Å²) >= 11 is 0. The lowest BCUT2D eigenvalue weighted by atomic mass is 9.95. The Kier molecular flexibility index (Phi) is 6.10. The Labute approximate surface area is 325 Å². The van der Waals surface area contributed by atoms with E-state index in [0.29, 0.717) is 5.71 Å². The van der Waals surface area contributed by atoms with Gasteiger partial charge in [0.05, 0.1) is 22.1 Å². The molecule has 0 aliphatic carbocycles. The summed E-state index contributed by atoms with van der Waals surface area (Å²) in [7, 11) is 0. The number of hydrogen-bond acceptors (Lipinski definition) is 3. The number of benzene rings is 8. The van der Waals surface area contributed by atoms with Crippen molar-refractivity contribution in [2.75, 3.05) is 0 Å². The van der Waals surface area contributed by atoms with Gasteiger partial charge in [0, 0.05) is 38.2 Å². The second-order valence-corrected chi connectivity index (χ2v) is 14.9. The molecule has 57 heavy (non-hydrogen) atoms. The SMILES string of the molecule is c1ccc(-c2cccc(-n3c4cccc5c6ccccc6c6cccc7c6c6c(c54)c3ccc6n7-c3nc4oc5ccccc5c4nc3-c3ccccc3)c2)cc1. The molecule has 0 bridgehead atoms. The average molecular weight is 727 g/mol. The first kappa shape index (κ1) is 30.6. The van der Waals surface area contributed by atoms with E-state index in [-0.39, 0.29) is 0 Å². The van der Waals surface area contributed by atoms with Crippen molar-refractivity contribution in [3.63, 3.8) is 0 Å². The zero-order valence-corrected chi connectivity index (χ0v) is 30.5. The van der Waals surface area contributed by atoms with Gasteiger partial charge in [-0.3, -0.25) is 4.57 Å². The minimum atomic E-state index is 0.518. The first-order valence-corrected chi connectivity index (χ1v) is 19.3. The molecule has 0 N–H and O–H groups in total. The summed E-state index contributed by atoms with van der Waals surface area (Å²) < 4.78 is 11.2. The molecule has 0 atom stereocenters. The Balaban J connectivity index is 1.24. The van der Waals surface area contributed by atoms with Crippen LogP contribution in [0.1, 0.15) is 0 Å². The standard InChI is InChI=1S/C52H30N4O/c1-3-14-31(15-4-1)33-18-11-19-34(30-33)55-40-25-12-23-37-35-20-7-8-21-36(35)38-24-13-26-41-46(38)48-43(29-28-42(55)47(48)45(37)40)56(41)51-49(32-16-5-2-6-17-32)53-50-39-22-9-10-27-44(39)57-52(50)54-51/h1-30H. The number of furan rings is 1. The van der Waals surface area contributed by atoms with Crippen LogP contribution < -0.4 is 0 Å². The van der Waals surface area contributed by atoms with Gasteiger partial charge in [-0.1, -0.05) is 133 Å². The summed E-state index contributed by atoms with van der Waals surface area (Å²) in [6.07, 6.45) is 0. The molecule has 5 nitrogen and oxygen atoms in total. The number of aromatic nitrogens is 4. The Hall–Kier alpha value is -7.76. The summed E-state index contributed by atoms with van der Waals surface area (Å²) in [4.78, 5) is 10.8. The molecule has 13 aromatic rings.